The summed E-state index contributed by atoms with van der Waals surface area (Å²) in [5.41, 5.74) is 10.5. The summed E-state index contributed by atoms with van der Waals surface area (Å²) in [4.78, 5) is 26.7. The number of fused-ring (bicyclic) bond motifs is 1. The highest BCUT2D eigenvalue weighted by atomic mass is 19.1. The number of anilines is 1. The second-order valence-corrected chi connectivity index (χ2v) is 9.90. The molecule has 11 nitrogen and oxygen atoms in total. The van der Waals surface area contributed by atoms with E-state index in [1.807, 2.05) is 25.4 Å². The molecular weight excluding hydrogens is 523 g/mol. The van der Waals surface area contributed by atoms with Gasteiger partial charge in [0.2, 0.25) is 5.91 Å². The molecule has 12 heteroatoms. The molecule has 0 radical (unpaired) electrons. The molecule has 1 aliphatic heterocycles. The molecule has 1 amide bonds. The van der Waals surface area contributed by atoms with Crippen molar-refractivity contribution in [2.24, 2.45) is 12.8 Å². The van der Waals surface area contributed by atoms with Gasteiger partial charge in [-0.15, -0.1) is 0 Å². The molecule has 4 aromatic heterocycles. The van der Waals surface area contributed by atoms with E-state index in [4.69, 9.17) is 15.7 Å². The van der Waals surface area contributed by atoms with Crippen molar-refractivity contribution in [2.45, 2.75) is 5.92 Å². The zero-order chi connectivity index (χ0) is 28.5. The van der Waals surface area contributed by atoms with E-state index in [2.05, 4.69) is 21.2 Å². The predicted octanol–water partition coefficient (Wildman–Crippen LogP) is 2.59. The van der Waals surface area contributed by atoms with Gasteiger partial charge in [-0.1, -0.05) is 12.1 Å². The average Bonchev–Trinajstić information content (AvgIpc) is 3.64. The summed E-state index contributed by atoms with van der Waals surface area (Å²) in [7, 11) is 1.84. The molecule has 0 spiro atoms. The average molecular weight is 551 g/mol. The van der Waals surface area contributed by atoms with Crippen molar-refractivity contribution < 1.29 is 9.18 Å². The molecular formula is C29H27FN10O. The molecule has 2 N–H and O–H groups in total. The normalized spacial score (nSPS) is 14.3. The predicted molar refractivity (Wildman–Crippen MR) is 150 cm³/mol. The summed E-state index contributed by atoms with van der Waals surface area (Å²) in [6.07, 6.45) is 8.66. The fourth-order valence-electron chi connectivity index (χ4n) is 5.15. The van der Waals surface area contributed by atoms with Crippen LogP contribution >= 0.6 is 0 Å². The van der Waals surface area contributed by atoms with E-state index >= 15 is 0 Å². The molecule has 0 bridgehead atoms. The summed E-state index contributed by atoms with van der Waals surface area (Å²) in [5.74, 6) is -0.127. The van der Waals surface area contributed by atoms with Crippen LogP contribution in [-0.4, -0.2) is 72.9 Å². The first kappa shape index (κ1) is 26.1. The highest BCUT2D eigenvalue weighted by Crippen LogP contribution is 2.29. The number of halogens is 1. The molecule has 5 aromatic rings. The lowest BCUT2D eigenvalue weighted by Gasteiger charge is -2.37. The van der Waals surface area contributed by atoms with Crippen LogP contribution in [0.4, 0.5) is 10.2 Å². The number of nitrogens with two attached hydrogens (primary N) is 1. The standard InChI is InChI=1S/C29H27FN10O/c1-37-17-22(16-34-37)25-18-40-28(21(12-31)15-35-40)27(36-25)20-4-7-26(33-14-20)38-8-10-39(11-9-38)29(41)24(13-32)19-2-5-23(30)6-3-19/h2-7,14-18,24H,8-11,13,32H2,1H3. The second kappa shape index (κ2) is 10.8. The zero-order valence-corrected chi connectivity index (χ0v) is 22.4. The lowest BCUT2D eigenvalue weighted by Crippen LogP contribution is -2.51. The van der Waals surface area contributed by atoms with Crippen LogP contribution in [0.5, 0.6) is 0 Å². The fourth-order valence-corrected chi connectivity index (χ4v) is 5.15. The van der Waals surface area contributed by atoms with E-state index < -0.39 is 5.92 Å². The minimum Gasteiger partial charge on any atom is -0.353 e. The molecule has 206 valence electrons. The van der Waals surface area contributed by atoms with Crippen LogP contribution in [0, 0.1) is 17.1 Å². The largest absolute Gasteiger partial charge is 0.353 e. The number of benzene rings is 1. The van der Waals surface area contributed by atoms with Crippen LogP contribution in [0.2, 0.25) is 0 Å². The smallest absolute Gasteiger partial charge is 0.231 e. The molecule has 1 fully saturated rings. The maximum Gasteiger partial charge on any atom is 0.231 e. The summed E-state index contributed by atoms with van der Waals surface area (Å²) in [6, 6.07) is 12.0. The highest BCUT2D eigenvalue weighted by molar-refractivity contribution is 5.85. The molecule has 1 unspecified atom stereocenters. The molecule has 1 aromatic carbocycles. The highest BCUT2D eigenvalue weighted by Gasteiger charge is 2.28. The van der Waals surface area contributed by atoms with Gasteiger partial charge in [0.25, 0.3) is 0 Å². The number of rotatable bonds is 6. The number of aryl methyl sites for hydroxylation is 1. The molecule has 1 atom stereocenters. The third kappa shape index (κ3) is 4.99. The molecule has 0 aliphatic carbocycles. The van der Waals surface area contributed by atoms with Crippen LogP contribution in [0.15, 0.2) is 67.4 Å². The Morgan fingerprint density at radius 2 is 1.80 bits per heavy atom. The summed E-state index contributed by atoms with van der Waals surface area (Å²) in [6.45, 7) is 2.42. The topological polar surface area (TPSA) is 134 Å². The molecule has 0 saturated carbocycles. The van der Waals surface area contributed by atoms with E-state index in [0.717, 1.165) is 16.9 Å². The SMILES string of the molecule is Cn1cc(-c2cn3ncc(C#N)c3c(-c3ccc(N4CCN(C(=O)C(CN)c5ccc(F)cc5)CC4)nc3)n2)cn1. The number of amides is 1. The Balaban J connectivity index is 1.20. The number of aromatic nitrogens is 6. The van der Waals surface area contributed by atoms with Gasteiger partial charge in [-0.3, -0.25) is 9.48 Å². The number of hydrogen-bond donors (Lipinski definition) is 1. The third-order valence-corrected chi connectivity index (χ3v) is 7.36. The van der Waals surface area contributed by atoms with Gasteiger partial charge in [-0.05, 0) is 29.8 Å². The third-order valence-electron chi connectivity index (χ3n) is 7.36. The van der Waals surface area contributed by atoms with E-state index in [1.165, 1.54) is 18.3 Å². The van der Waals surface area contributed by atoms with Crippen molar-refractivity contribution in [1.82, 2.24) is 34.3 Å². The van der Waals surface area contributed by atoms with Crippen LogP contribution in [0.1, 0.15) is 17.0 Å². The van der Waals surface area contributed by atoms with Crippen molar-refractivity contribution in [3.63, 3.8) is 0 Å². The van der Waals surface area contributed by atoms with E-state index in [9.17, 15) is 14.4 Å². The number of nitrogens with zero attached hydrogens (tertiary/aromatic N) is 9. The Labute approximate surface area is 235 Å². The number of nitriles is 1. The van der Waals surface area contributed by atoms with E-state index in [1.54, 1.807) is 44.8 Å². The maximum atomic E-state index is 13.4. The first-order valence-electron chi connectivity index (χ1n) is 13.2. The van der Waals surface area contributed by atoms with Crippen molar-refractivity contribution >= 4 is 17.2 Å². The quantitative estimate of drug-likeness (QED) is 0.341. The van der Waals surface area contributed by atoms with Gasteiger partial charge >= 0.3 is 0 Å². The number of pyridine rings is 1. The van der Waals surface area contributed by atoms with Gasteiger partial charge in [-0.2, -0.15) is 15.5 Å². The lowest BCUT2D eigenvalue weighted by molar-refractivity contribution is -0.132. The summed E-state index contributed by atoms with van der Waals surface area (Å²) >= 11 is 0. The van der Waals surface area contributed by atoms with Gasteiger partial charge in [0.05, 0.1) is 35.9 Å². The first-order valence-corrected chi connectivity index (χ1v) is 13.2. The van der Waals surface area contributed by atoms with Crippen LogP contribution in [0.25, 0.3) is 28.0 Å². The lowest BCUT2D eigenvalue weighted by atomic mass is 9.97. The Morgan fingerprint density at radius 1 is 1.02 bits per heavy atom. The minimum atomic E-state index is -0.506. The summed E-state index contributed by atoms with van der Waals surface area (Å²) in [5, 5.41) is 18.3. The van der Waals surface area contributed by atoms with Gasteiger partial charge < -0.3 is 15.5 Å². The molecule has 41 heavy (non-hydrogen) atoms. The number of piperazine rings is 1. The van der Waals surface area contributed by atoms with Crippen molar-refractivity contribution in [3.05, 3.63) is 84.3 Å². The van der Waals surface area contributed by atoms with Crippen LogP contribution in [-0.2, 0) is 11.8 Å². The Kier molecular flexibility index (Phi) is 6.86. The minimum absolute atomic E-state index is 0.0558. The molecule has 6 rings (SSSR count). The van der Waals surface area contributed by atoms with E-state index in [-0.39, 0.29) is 18.3 Å². The number of hydrogen-bond acceptors (Lipinski definition) is 8. The van der Waals surface area contributed by atoms with E-state index in [0.29, 0.717) is 54.2 Å². The monoisotopic (exact) mass is 550 g/mol. The van der Waals surface area contributed by atoms with Crippen molar-refractivity contribution in [1.29, 1.82) is 5.26 Å². The second-order valence-electron chi connectivity index (χ2n) is 9.90. The number of carbonyl (C=O) groups is 1. The Hall–Kier alpha value is -5.15. The van der Waals surface area contributed by atoms with Gasteiger partial charge in [0.1, 0.15) is 28.8 Å². The first-order chi connectivity index (χ1) is 19.9. The van der Waals surface area contributed by atoms with Crippen LogP contribution in [0.3, 0.4) is 0 Å². The summed E-state index contributed by atoms with van der Waals surface area (Å²) < 4.78 is 16.7. The molecule has 1 aliphatic rings. The Bertz CT molecular complexity index is 1750. The Morgan fingerprint density at radius 3 is 2.44 bits per heavy atom. The van der Waals surface area contributed by atoms with Crippen LogP contribution < -0.4 is 10.6 Å². The zero-order valence-electron chi connectivity index (χ0n) is 22.4. The molecule has 1 saturated heterocycles. The fraction of sp³-hybridized carbons (Fsp3) is 0.241. The maximum absolute atomic E-state index is 13.4. The van der Waals surface area contributed by atoms with Gasteiger partial charge in [0, 0.05) is 63.3 Å². The van der Waals surface area contributed by atoms with Gasteiger partial charge in [0.15, 0.2) is 0 Å². The number of carbonyl (C=O) groups excluding carboxylic acids is 1. The van der Waals surface area contributed by atoms with Gasteiger partial charge in [-0.25, -0.2) is 18.9 Å². The van der Waals surface area contributed by atoms with Crippen molar-refractivity contribution in [3.8, 4) is 28.6 Å². The van der Waals surface area contributed by atoms with Crippen molar-refractivity contribution in [2.75, 3.05) is 37.6 Å². The molecule has 5 heterocycles.